The SMILES string of the molecule is CC(CC(=O)NC1CCCCC1CO)NC(=O)c1ccccc1. The van der Waals surface area contributed by atoms with E-state index in [9.17, 15) is 14.7 Å². The highest BCUT2D eigenvalue weighted by Crippen LogP contribution is 2.24. The van der Waals surface area contributed by atoms with Crippen molar-refractivity contribution in [2.45, 2.75) is 51.1 Å². The monoisotopic (exact) mass is 318 g/mol. The van der Waals surface area contributed by atoms with Gasteiger partial charge in [-0.05, 0) is 31.9 Å². The molecule has 1 aromatic carbocycles. The fraction of sp³-hybridized carbons (Fsp3) is 0.556. The Morgan fingerprint density at radius 2 is 1.91 bits per heavy atom. The van der Waals surface area contributed by atoms with Gasteiger partial charge in [0.05, 0.1) is 0 Å². The molecule has 1 aliphatic rings. The van der Waals surface area contributed by atoms with Crippen LogP contribution in [-0.4, -0.2) is 35.6 Å². The number of hydrogen-bond donors (Lipinski definition) is 3. The molecule has 5 nitrogen and oxygen atoms in total. The number of aliphatic hydroxyl groups is 1. The highest BCUT2D eigenvalue weighted by Gasteiger charge is 2.26. The lowest BCUT2D eigenvalue weighted by Crippen LogP contribution is -2.45. The molecule has 1 aromatic rings. The third kappa shape index (κ3) is 5.36. The number of carbonyl (C=O) groups is 2. The molecule has 126 valence electrons. The van der Waals surface area contributed by atoms with Crippen LogP contribution in [-0.2, 0) is 4.79 Å². The normalized spacial score (nSPS) is 22.2. The van der Waals surface area contributed by atoms with Gasteiger partial charge in [-0.25, -0.2) is 0 Å². The Labute approximate surface area is 137 Å². The van der Waals surface area contributed by atoms with Crippen molar-refractivity contribution in [3.05, 3.63) is 35.9 Å². The van der Waals surface area contributed by atoms with Crippen molar-refractivity contribution in [2.24, 2.45) is 5.92 Å². The van der Waals surface area contributed by atoms with E-state index < -0.39 is 0 Å². The average Bonchev–Trinajstić information content (AvgIpc) is 2.55. The second-order valence-corrected chi connectivity index (χ2v) is 6.35. The summed E-state index contributed by atoms with van der Waals surface area (Å²) >= 11 is 0. The molecule has 1 saturated carbocycles. The summed E-state index contributed by atoms with van der Waals surface area (Å²) in [7, 11) is 0. The van der Waals surface area contributed by atoms with Gasteiger partial charge in [-0.2, -0.15) is 0 Å². The Morgan fingerprint density at radius 1 is 1.22 bits per heavy atom. The summed E-state index contributed by atoms with van der Waals surface area (Å²) in [4.78, 5) is 24.2. The summed E-state index contributed by atoms with van der Waals surface area (Å²) in [5.74, 6) is -0.0880. The van der Waals surface area contributed by atoms with Crippen molar-refractivity contribution in [3.8, 4) is 0 Å². The van der Waals surface area contributed by atoms with Crippen molar-refractivity contribution < 1.29 is 14.7 Å². The number of carbonyl (C=O) groups excluding carboxylic acids is 2. The lowest BCUT2D eigenvalue weighted by Gasteiger charge is -2.31. The molecule has 3 unspecified atom stereocenters. The first-order valence-electron chi connectivity index (χ1n) is 8.36. The minimum absolute atomic E-state index is 0.0540. The van der Waals surface area contributed by atoms with E-state index in [1.165, 1.54) is 0 Å². The first kappa shape index (κ1) is 17.5. The lowest BCUT2D eigenvalue weighted by molar-refractivity contribution is -0.122. The van der Waals surface area contributed by atoms with Gasteiger partial charge in [0.1, 0.15) is 0 Å². The zero-order chi connectivity index (χ0) is 16.7. The van der Waals surface area contributed by atoms with Gasteiger partial charge in [-0.15, -0.1) is 0 Å². The Kier molecular flexibility index (Phi) is 6.59. The second kappa shape index (κ2) is 8.67. The minimum atomic E-state index is -0.237. The van der Waals surface area contributed by atoms with Gasteiger partial charge in [-0.3, -0.25) is 9.59 Å². The zero-order valence-corrected chi connectivity index (χ0v) is 13.6. The smallest absolute Gasteiger partial charge is 0.251 e. The van der Waals surface area contributed by atoms with Crippen LogP contribution in [0.3, 0.4) is 0 Å². The van der Waals surface area contributed by atoms with Crippen LogP contribution in [0.4, 0.5) is 0 Å². The Balaban J connectivity index is 1.79. The van der Waals surface area contributed by atoms with Crippen molar-refractivity contribution in [1.29, 1.82) is 0 Å². The number of rotatable bonds is 6. The van der Waals surface area contributed by atoms with E-state index in [2.05, 4.69) is 10.6 Å². The third-order valence-corrected chi connectivity index (χ3v) is 4.40. The first-order chi connectivity index (χ1) is 11.1. The van der Waals surface area contributed by atoms with Crippen LogP contribution in [0.1, 0.15) is 49.4 Å². The molecular weight excluding hydrogens is 292 g/mol. The molecule has 1 aliphatic carbocycles. The highest BCUT2D eigenvalue weighted by atomic mass is 16.3. The van der Waals surface area contributed by atoms with E-state index in [-0.39, 0.29) is 42.8 Å². The molecule has 0 bridgehead atoms. The molecule has 3 atom stereocenters. The van der Waals surface area contributed by atoms with Crippen molar-refractivity contribution in [1.82, 2.24) is 10.6 Å². The molecule has 0 saturated heterocycles. The molecule has 2 rings (SSSR count). The summed E-state index contributed by atoms with van der Waals surface area (Å²) in [6.07, 6.45) is 4.32. The predicted molar refractivity (Wildman–Crippen MR) is 89.0 cm³/mol. The zero-order valence-electron chi connectivity index (χ0n) is 13.6. The summed E-state index contributed by atoms with van der Waals surface area (Å²) in [5.41, 5.74) is 0.590. The molecule has 23 heavy (non-hydrogen) atoms. The maximum Gasteiger partial charge on any atom is 0.251 e. The molecule has 1 fully saturated rings. The molecule has 3 N–H and O–H groups in total. The summed E-state index contributed by atoms with van der Waals surface area (Å²) in [5, 5.41) is 15.2. The molecule has 5 heteroatoms. The van der Waals surface area contributed by atoms with Crippen LogP contribution >= 0.6 is 0 Å². The number of nitrogens with one attached hydrogen (secondary N) is 2. The maximum atomic E-state index is 12.2. The Bertz CT molecular complexity index is 518. The maximum absolute atomic E-state index is 12.2. The van der Waals surface area contributed by atoms with Crippen LogP contribution in [0, 0.1) is 5.92 Å². The van der Waals surface area contributed by atoms with E-state index in [0.717, 1.165) is 25.7 Å². The molecule has 0 spiro atoms. The van der Waals surface area contributed by atoms with E-state index in [1.807, 2.05) is 25.1 Å². The quantitative estimate of drug-likeness (QED) is 0.749. The van der Waals surface area contributed by atoms with Crippen molar-refractivity contribution >= 4 is 11.8 Å². The van der Waals surface area contributed by atoms with Crippen LogP contribution in [0.15, 0.2) is 30.3 Å². The molecule has 0 radical (unpaired) electrons. The topological polar surface area (TPSA) is 78.4 Å². The number of aliphatic hydroxyl groups excluding tert-OH is 1. The van der Waals surface area contributed by atoms with Gasteiger partial charge >= 0.3 is 0 Å². The van der Waals surface area contributed by atoms with Gasteiger partial charge in [-0.1, -0.05) is 31.0 Å². The van der Waals surface area contributed by atoms with Crippen molar-refractivity contribution in [3.63, 3.8) is 0 Å². The molecule has 0 heterocycles. The first-order valence-corrected chi connectivity index (χ1v) is 8.36. The van der Waals surface area contributed by atoms with Gasteiger partial charge in [0.25, 0.3) is 5.91 Å². The largest absolute Gasteiger partial charge is 0.396 e. The van der Waals surface area contributed by atoms with Crippen molar-refractivity contribution in [2.75, 3.05) is 6.61 Å². The van der Waals surface area contributed by atoms with E-state index in [1.54, 1.807) is 12.1 Å². The number of amides is 2. The Morgan fingerprint density at radius 3 is 2.61 bits per heavy atom. The van der Waals surface area contributed by atoms with Gasteiger partial charge in [0, 0.05) is 36.6 Å². The van der Waals surface area contributed by atoms with Gasteiger partial charge in [0.2, 0.25) is 5.91 Å². The van der Waals surface area contributed by atoms with Crippen LogP contribution < -0.4 is 10.6 Å². The number of hydrogen-bond acceptors (Lipinski definition) is 3. The van der Waals surface area contributed by atoms with Crippen LogP contribution in [0.5, 0.6) is 0 Å². The second-order valence-electron chi connectivity index (χ2n) is 6.35. The lowest BCUT2D eigenvalue weighted by atomic mass is 9.85. The fourth-order valence-corrected chi connectivity index (χ4v) is 3.11. The number of benzene rings is 1. The standard InChI is InChI=1S/C18H26N2O3/c1-13(19-18(23)14-7-3-2-4-8-14)11-17(22)20-16-10-6-5-9-15(16)12-21/h2-4,7-8,13,15-16,21H,5-6,9-12H2,1H3,(H,19,23)(H,20,22). The summed E-state index contributed by atoms with van der Waals surface area (Å²) < 4.78 is 0. The molecular formula is C18H26N2O3. The molecule has 2 amide bonds. The third-order valence-electron chi connectivity index (χ3n) is 4.40. The Hall–Kier alpha value is -1.88. The predicted octanol–water partition coefficient (Wildman–Crippen LogP) is 1.86. The average molecular weight is 318 g/mol. The van der Waals surface area contributed by atoms with Gasteiger partial charge < -0.3 is 15.7 Å². The molecule has 0 aliphatic heterocycles. The van der Waals surface area contributed by atoms with E-state index in [4.69, 9.17) is 0 Å². The highest BCUT2D eigenvalue weighted by molar-refractivity contribution is 5.94. The molecule has 0 aromatic heterocycles. The fourth-order valence-electron chi connectivity index (χ4n) is 3.11. The van der Waals surface area contributed by atoms with Crippen LogP contribution in [0.2, 0.25) is 0 Å². The van der Waals surface area contributed by atoms with E-state index >= 15 is 0 Å². The minimum Gasteiger partial charge on any atom is -0.396 e. The summed E-state index contributed by atoms with van der Waals surface area (Å²) in [6, 6.07) is 8.79. The van der Waals surface area contributed by atoms with Gasteiger partial charge in [0.15, 0.2) is 0 Å². The van der Waals surface area contributed by atoms with Crippen LogP contribution in [0.25, 0.3) is 0 Å². The van der Waals surface area contributed by atoms with E-state index in [0.29, 0.717) is 5.56 Å². The summed E-state index contributed by atoms with van der Waals surface area (Å²) in [6.45, 7) is 1.94.